The SMILES string of the molecule is Cc1cccc2ncc(CN(CC#N)C3CCCC3)n12. The lowest BCUT2D eigenvalue weighted by atomic mass is 10.2. The average molecular weight is 268 g/mol. The van der Waals surface area contributed by atoms with E-state index < -0.39 is 0 Å². The van der Waals surface area contributed by atoms with Crippen molar-refractivity contribution < 1.29 is 0 Å². The minimum Gasteiger partial charge on any atom is -0.300 e. The fourth-order valence-electron chi connectivity index (χ4n) is 3.27. The number of pyridine rings is 1. The number of rotatable bonds is 4. The highest BCUT2D eigenvalue weighted by Crippen LogP contribution is 2.25. The highest BCUT2D eigenvalue weighted by Gasteiger charge is 2.23. The summed E-state index contributed by atoms with van der Waals surface area (Å²) in [5.74, 6) is 0. The molecule has 0 atom stereocenters. The van der Waals surface area contributed by atoms with Gasteiger partial charge in [-0.05, 0) is 31.9 Å². The molecule has 1 aliphatic carbocycles. The second kappa shape index (κ2) is 5.64. The van der Waals surface area contributed by atoms with Crippen LogP contribution in [0.25, 0.3) is 5.65 Å². The van der Waals surface area contributed by atoms with Gasteiger partial charge in [0, 0.05) is 18.3 Å². The van der Waals surface area contributed by atoms with Gasteiger partial charge < -0.3 is 4.40 Å². The van der Waals surface area contributed by atoms with Gasteiger partial charge in [-0.3, -0.25) is 4.90 Å². The molecule has 1 aliphatic rings. The summed E-state index contributed by atoms with van der Waals surface area (Å²) in [5.41, 5.74) is 3.36. The van der Waals surface area contributed by atoms with Gasteiger partial charge in [0.2, 0.25) is 0 Å². The first-order valence-electron chi connectivity index (χ1n) is 7.32. The van der Waals surface area contributed by atoms with Crippen LogP contribution in [0.3, 0.4) is 0 Å². The minimum atomic E-state index is 0.504. The Bertz CT molecular complexity index is 631. The molecular formula is C16H20N4. The summed E-state index contributed by atoms with van der Waals surface area (Å²) < 4.78 is 2.19. The van der Waals surface area contributed by atoms with Crippen molar-refractivity contribution in [2.75, 3.05) is 6.54 Å². The summed E-state index contributed by atoms with van der Waals surface area (Å²) >= 11 is 0. The summed E-state index contributed by atoms with van der Waals surface area (Å²) in [6, 6.07) is 9.04. The first-order chi connectivity index (χ1) is 9.79. The molecule has 104 valence electrons. The van der Waals surface area contributed by atoms with Gasteiger partial charge in [-0.1, -0.05) is 18.9 Å². The van der Waals surface area contributed by atoms with E-state index in [9.17, 15) is 0 Å². The average Bonchev–Trinajstić information content (AvgIpc) is 3.08. The van der Waals surface area contributed by atoms with E-state index in [-0.39, 0.29) is 0 Å². The molecule has 0 aliphatic heterocycles. The van der Waals surface area contributed by atoms with Crippen LogP contribution in [0.5, 0.6) is 0 Å². The molecule has 0 saturated heterocycles. The Balaban J connectivity index is 1.88. The molecule has 0 N–H and O–H groups in total. The number of fused-ring (bicyclic) bond motifs is 1. The van der Waals surface area contributed by atoms with E-state index in [1.165, 1.54) is 37.1 Å². The lowest BCUT2D eigenvalue weighted by Gasteiger charge is -2.26. The molecule has 0 bridgehead atoms. The van der Waals surface area contributed by atoms with E-state index in [0.29, 0.717) is 12.6 Å². The molecule has 3 rings (SSSR count). The first kappa shape index (κ1) is 13.1. The third-order valence-electron chi connectivity index (χ3n) is 4.28. The molecule has 0 radical (unpaired) electrons. The van der Waals surface area contributed by atoms with Crippen molar-refractivity contribution in [3.63, 3.8) is 0 Å². The third kappa shape index (κ3) is 2.41. The van der Waals surface area contributed by atoms with Crippen LogP contribution in [-0.4, -0.2) is 26.9 Å². The highest BCUT2D eigenvalue weighted by atomic mass is 15.2. The lowest BCUT2D eigenvalue weighted by Crippen LogP contribution is -2.33. The fourth-order valence-corrected chi connectivity index (χ4v) is 3.27. The Morgan fingerprint density at radius 2 is 2.20 bits per heavy atom. The van der Waals surface area contributed by atoms with Crippen molar-refractivity contribution in [1.29, 1.82) is 5.26 Å². The van der Waals surface area contributed by atoms with Gasteiger partial charge in [-0.25, -0.2) is 4.98 Å². The van der Waals surface area contributed by atoms with Crippen molar-refractivity contribution in [2.45, 2.75) is 45.2 Å². The molecule has 4 nitrogen and oxygen atoms in total. The maximum Gasteiger partial charge on any atom is 0.137 e. The number of nitriles is 1. The second-order valence-corrected chi connectivity index (χ2v) is 5.61. The predicted molar refractivity (Wildman–Crippen MR) is 78.2 cm³/mol. The molecule has 20 heavy (non-hydrogen) atoms. The zero-order valence-electron chi connectivity index (χ0n) is 11.9. The monoisotopic (exact) mass is 268 g/mol. The molecule has 2 heterocycles. The van der Waals surface area contributed by atoms with E-state index in [1.54, 1.807) is 0 Å². The molecule has 0 unspecified atom stereocenters. The van der Waals surface area contributed by atoms with Gasteiger partial charge >= 0.3 is 0 Å². The zero-order chi connectivity index (χ0) is 13.9. The summed E-state index contributed by atoms with van der Waals surface area (Å²) in [6.07, 6.45) is 6.97. The number of nitrogens with zero attached hydrogens (tertiary/aromatic N) is 4. The van der Waals surface area contributed by atoms with Gasteiger partial charge in [0.1, 0.15) is 5.65 Å². The Morgan fingerprint density at radius 3 is 2.95 bits per heavy atom. The molecule has 0 aromatic carbocycles. The third-order valence-corrected chi connectivity index (χ3v) is 4.28. The molecule has 1 saturated carbocycles. The summed E-state index contributed by atoms with van der Waals surface area (Å²) in [4.78, 5) is 6.78. The van der Waals surface area contributed by atoms with Gasteiger partial charge in [-0.2, -0.15) is 5.26 Å². The van der Waals surface area contributed by atoms with Crippen molar-refractivity contribution in [3.8, 4) is 6.07 Å². The second-order valence-electron chi connectivity index (χ2n) is 5.61. The van der Waals surface area contributed by atoms with Crippen LogP contribution in [0.4, 0.5) is 0 Å². The van der Waals surface area contributed by atoms with E-state index in [2.05, 4.69) is 33.3 Å². The molecular weight excluding hydrogens is 248 g/mol. The molecule has 4 heteroatoms. The Labute approximate surface area is 119 Å². The van der Waals surface area contributed by atoms with Gasteiger partial charge in [0.05, 0.1) is 24.5 Å². The Hall–Kier alpha value is -1.86. The van der Waals surface area contributed by atoms with Crippen LogP contribution < -0.4 is 0 Å². The topological polar surface area (TPSA) is 44.3 Å². The van der Waals surface area contributed by atoms with Crippen LogP contribution >= 0.6 is 0 Å². The standard InChI is InChI=1S/C16H20N4/c1-13-5-4-8-16-18-11-15(20(13)16)12-19(10-9-17)14-6-2-3-7-14/h4-5,8,11,14H,2-3,6-7,10,12H2,1H3. The molecule has 1 fully saturated rings. The van der Waals surface area contributed by atoms with Gasteiger partial charge in [0.15, 0.2) is 0 Å². The predicted octanol–water partition coefficient (Wildman–Crippen LogP) is 2.91. The van der Waals surface area contributed by atoms with Gasteiger partial charge in [0.25, 0.3) is 0 Å². The lowest BCUT2D eigenvalue weighted by molar-refractivity contribution is 0.211. The molecule has 0 amide bonds. The van der Waals surface area contributed by atoms with E-state index in [4.69, 9.17) is 5.26 Å². The number of hydrogen-bond donors (Lipinski definition) is 0. The van der Waals surface area contributed by atoms with Crippen molar-refractivity contribution >= 4 is 5.65 Å². The fraction of sp³-hybridized carbons (Fsp3) is 0.500. The van der Waals surface area contributed by atoms with Crippen molar-refractivity contribution in [2.24, 2.45) is 0 Å². The quantitative estimate of drug-likeness (QED) is 0.801. The molecule has 2 aromatic rings. The summed E-state index contributed by atoms with van der Waals surface area (Å²) in [5, 5.41) is 9.08. The van der Waals surface area contributed by atoms with E-state index in [0.717, 1.165) is 12.2 Å². The van der Waals surface area contributed by atoms with Crippen LogP contribution in [0.15, 0.2) is 24.4 Å². The minimum absolute atomic E-state index is 0.504. The van der Waals surface area contributed by atoms with Crippen molar-refractivity contribution in [1.82, 2.24) is 14.3 Å². The smallest absolute Gasteiger partial charge is 0.137 e. The van der Waals surface area contributed by atoms with Crippen LogP contribution in [0.2, 0.25) is 0 Å². The number of hydrogen-bond acceptors (Lipinski definition) is 3. The van der Waals surface area contributed by atoms with E-state index in [1.807, 2.05) is 18.3 Å². The van der Waals surface area contributed by atoms with Crippen LogP contribution in [-0.2, 0) is 6.54 Å². The maximum absolute atomic E-state index is 9.08. The largest absolute Gasteiger partial charge is 0.300 e. The Kier molecular flexibility index (Phi) is 3.70. The number of aryl methyl sites for hydroxylation is 1. The van der Waals surface area contributed by atoms with Crippen LogP contribution in [0.1, 0.15) is 37.1 Å². The Morgan fingerprint density at radius 1 is 1.40 bits per heavy atom. The number of aromatic nitrogens is 2. The maximum atomic E-state index is 9.08. The summed E-state index contributed by atoms with van der Waals surface area (Å²) in [7, 11) is 0. The normalized spacial score (nSPS) is 16.1. The van der Waals surface area contributed by atoms with Crippen molar-refractivity contribution in [3.05, 3.63) is 35.8 Å². The number of imidazole rings is 1. The molecule has 2 aromatic heterocycles. The van der Waals surface area contributed by atoms with Crippen LogP contribution in [0, 0.1) is 18.3 Å². The highest BCUT2D eigenvalue weighted by molar-refractivity contribution is 5.42. The van der Waals surface area contributed by atoms with E-state index >= 15 is 0 Å². The molecule has 0 spiro atoms. The zero-order valence-corrected chi connectivity index (χ0v) is 11.9. The first-order valence-corrected chi connectivity index (χ1v) is 7.32. The summed E-state index contributed by atoms with van der Waals surface area (Å²) in [6.45, 7) is 3.41. The van der Waals surface area contributed by atoms with Gasteiger partial charge in [-0.15, -0.1) is 0 Å².